The molecule has 0 atom stereocenters. The quantitative estimate of drug-likeness (QED) is 0.576. The van der Waals surface area contributed by atoms with Crippen molar-refractivity contribution in [3.63, 3.8) is 0 Å². The van der Waals surface area contributed by atoms with Crippen molar-refractivity contribution >= 4 is 17.6 Å². The number of aliphatic carboxylic acids is 1. The van der Waals surface area contributed by atoms with Crippen LogP contribution in [0, 0.1) is 11.3 Å². The first-order valence-electron chi connectivity index (χ1n) is 7.95. The summed E-state index contributed by atoms with van der Waals surface area (Å²) in [5.74, 6) is 0.413. The summed E-state index contributed by atoms with van der Waals surface area (Å²) in [6, 6.07) is 14.4. The van der Waals surface area contributed by atoms with Gasteiger partial charge in [-0.15, -0.1) is 0 Å². The maximum atomic E-state index is 10.7. The molecule has 0 aliphatic rings. The van der Waals surface area contributed by atoms with E-state index >= 15 is 0 Å². The SMILES string of the molecule is CCOc1cc(/C=C(\C#N)c2ccc(OC)cc2)ccc1OCC(=O)O. The Morgan fingerprint density at radius 1 is 1.15 bits per heavy atom. The standard InChI is InChI=1S/C20H19NO5/c1-3-25-19-11-14(4-9-18(19)26-13-20(22)23)10-16(12-21)15-5-7-17(24-2)8-6-15/h4-11H,3,13H2,1-2H3,(H,22,23)/b16-10+. The summed E-state index contributed by atoms with van der Waals surface area (Å²) in [6.07, 6.45) is 1.73. The van der Waals surface area contributed by atoms with Gasteiger partial charge in [0.15, 0.2) is 18.1 Å². The van der Waals surface area contributed by atoms with Crippen LogP contribution in [-0.2, 0) is 4.79 Å². The van der Waals surface area contributed by atoms with Crippen molar-refractivity contribution in [2.75, 3.05) is 20.3 Å². The smallest absolute Gasteiger partial charge is 0.341 e. The van der Waals surface area contributed by atoms with Gasteiger partial charge in [-0.1, -0.05) is 6.07 Å². The van der Waals surface area contributed by atoms with Crippen LogP contribution in [0.25, 0.3) is 11.6 Å². The molecule has 0 aliphatic heterocycles. The third-order valence-electron chi connectivity index (χ3n) is 3.45. The molecule has 26 heavy (non-hydrogen) atoms. The Labute approximate surface area is 151 Å². The van der Waals surface area contributed by atoms with E-state index < -0.39 is 12.6 Å². The number of nitrogens with zero attached hydrogens (tertiary/aromatic N) is 1. The molecule has 2 aromatic rings. The Hall–Kier alpha value is -3.46. The van der Waals surface area contributed by atoms with Crippen LogP contribution in [0.5, 0.6) is 17.2 Å². The maximum absolute atomic E-state index is 10.7. The van der Waals surface area contributed by atoms with E-state index in [0.717, 1.165) is 11.1 Å². The summed E-state index contributed by atoms with van der Waals surface area (Å²) in [5.41, 5.74) is 1.98. The van der Waals surface area contributed by atoms with Crippen molar-refractivity contribution in [1.82, 2.24) is 0 Å². The lowest BCUT2D eigenvalue weighted by Crippen LogP contribution is -2.10. The molecule has 6 nitrogen and oxygen atoms in total. The zero-order valence-corrected chi connectivity index (χ0v) is 14.6. The molecule has 2 aromatic carbocycles. The summed E-state index contributed by atoms with van der Waals surface area (Å²) in [6.45, 7) is 1.77. The van der Waals surface area contributed by atoms with Gasteiger partial charge in [-0.3, -0.25) is 0 Å². The fraction of sp³-hybridized carbons (Fsp3) is 0.200. The highest BCUT2D eigenvalue weighted by atomic mass is 16.5. The number of methoxy groups -OCH3 is 1. The highest BCUT2D eigenvalue weighted by molar-refractivity contribution is 5.90. The normalized spacial score (nSPS) is 10.7. The number of hydrogen-bond donors (Lipinski definition) is 1. The molecule has 0 bridgehead atoms. The number of allylic oxidation sites excluding steroid dienone is 1. The molecule has 0 amide bonds. The van der Waals surface area contributed by atoms with Crippen LogP contribution in [0.4, 0.5) is 0 Å². The molecule has 0 fully saturated rings. The molecule has 0 spiro atoms. The van der Waals surface area contributed by atoms with Crippen LogP contribution < -0.4 is 14.2 Å². The van der Waals surface area contributed by atoms with Gasteiger partial charge in [-0.25, -0.2) is 4.79 Å². The first-order chi connectivity index (χ1) is 12.6. The van der Waals surface area contributed by atoms with Gasteiger partial charge in [0, 0.05) is 0 Å². The molecule has 0 heterocycles. The molecule has 0 aromatic heterocycles. The Bertz CT molecular complexity index is 834. The predicted octanol–water partition coefficient (Wildman–Crippen LogP) is 3.62. The van der Waals surface area contributed by atoms with Crippen molar-refractivity contribution in [3.8, 4) is 23.3 Å². The molecular formula is C20H19NO5. The first-order valence-corrected chi connectivity index (χ1v) is 7.95. The van der Waals surface area contributed by atoms with E-state index in [9.17, 15) is 10.1 Å². The average Bonchev–Trinajstić information content (AvgIpc) is 2.65. The fourth-order valence-electron chi connectivity index (χ4n) is 2.26. The third-order valence-corrected chi connectivity index (χ3v) is 3.45. The van der Waals surface area contributed by atoms with E-state index in [-0.39, 0.29) is 0 Å². The van der Waals surface area contributed by atoms with Crippen molar-refractivity contribution in [2.24, 2.45) is 0 Å². The number of carboxylic acids is 1. The van der Waals surface area contributed by atoms with Gasteiger partial charge in [0.2, 0.25) is 0 Å². The molecule has 2 rings (SSSR count). The van der Waals surface area contributed by atoms with E-state index in [2.05, 4.69) is 6.07 Å². The highest BCUT2D eigenvalue weighted by Gasteiger charge is 2.09. The molecule has 0 saturated heterocycles. The zero-order chi connectivity index (χ0) is 18.9. The number of hydrogen-bond acceptors (Lipinski definition) is 5. The molecule has 0 aliphatic carbocycles. The largest absolute Gasteiger partial charge is 0.497 e. The summed E-state index contributed by atoms with van der Waals surface area (Å²) >= 11 is 0. The molecule has 1 N–H and O–H groups in total. The van der Waals surface area contributed by atoms with Gasteiger partial charge in [-0.05, 0) is 60.5 Å². The second-order valence-electron chi connectivity index (χ2n) is 5.22. The maximum Gasteiger partial charge on any atom is 0.341 e. The second-order valence-corrected chi connectivity index (χ2v) is 5.22. The van der Waals surface area contributed by atoms with Gasteiger partial charge >= 0.3 is 5.97 Å². The molecular weight excluding hydrogens is 334 g/mol. The van der Waals surface area contributed by atoms with E-state index in [0.29, 0.717) is 29.4 Å². The van der Waals surface area contributed by atoms with E-state index in [4.69, 9.17) is 19.3 Å². The topological polar surface area (TPSA) is 88.8 Å². The fourth-order valence-corrected chi connectivity index (χ4v) is 2.26. The minimum atomic E-state index is -1.07. The molecule has 6 heteroatoms. The van der Waals surface area contributed by atoms with Crippen LogP contribution in [0.15, 0.2) is 42.5 Å². The summed E-state index contributed by atoms with van der Waals surface area (Å²) in [4.78, 5) is 10.7. The van der Waals surface area contributed by atoms with Crippen LogP contribution in [0.3, 0.4) is 0 Å². The van der Waals surface area contributed by atoms with E-state index in [1.54, 1.807) is 43.5 Å². The first kappa shape index (κ1) is 18.9. The third kappa shape index (κ3) is 5.02. The Morgan fingerprint density at radius 2 is 1.88 bits per heavy atom. The minimum absolute atomic E-state index is 0.342. The number of carboxylic acid groups (broad SMARTS) is 1. The molecule has 0 unspecified atom stereocenters. The number of nitriles is 1. The Balaban J connectivity index is 2.32. The Kier molecular flexibility index (Phi) is 6.63. The van der Waals surface area contributed by atoms with Crippen molar-refractivity contribution in [1.29, 1.82) is 5.26 Å². The van der Waals surface area contributed by atoms with Crippen LogP contribution in [0.2, 0.25) is 0 Å². The lowest BCUT2D eigenvalue weighted by molar-refractivity contribution is -0.139. The summed E-state index contributed by atoms with van der Waals surface area (Å²) in [5, 5.41) is 18.2. The Morgan fingerprint density at radius 3 is 2.46 bits per heavy atom. The van der Waals surface area contributed by atoms with Gasteiger partial charge in [0.25, 0.3) is 0 Å². The van der Waals surface area contributed by atoms with E-state index in [1.165, 1.54) is 0 Å². The van der Waals surface area contributed by atoms with Gasteiger partial charge in [0.1, 0.15) is 5.75 Å². The van der Waals surface area contributed by atoms with Crippen LogP contribution in [-0.4, -0.2) is 31.4 Å². The number of rotatable bonds is 8. The van der Waals surface area contributed by atoms with Crippen LogP contribution in [0.1, 0.15) is 18.1 Å². The van der Waals surface area contributed by atoms with E-state index in [1.807, 2.05) is 19.1 Å². The number of benzene rings is 2. The highest BCUT2D eigenvalue weighted by Crippen LogP contribution is 2.30. The molecule has 134 valence electrons. The van der Waals surface area contributed by atoms with Crippen molar-refractivity contribution in [3.05, 3.63) is 53.6 Å². The van der Waals surface area contributed by atoms with Gasteiger partial charge in [-0.2, -0.15) is 5.26 Å². The molecule has 0 radical (unpaired) electrons. The minimum Gasteiger partial charge on any atom is -0.497 e. The van der Waals surface area contributed by atoms with Gasteiger partial charge < -0.3 is 19.3 Å². The average molecular weight is 353 g/mol. The zero-order valence-electron chi connectivity index (χ0n) is 14.6. The monoisotopic (exact) mass is 353 g/mol. The summed E-state index contributed by atoms with van der Waals surface area (Å²) in [7, 11) is 1.58. The van der Waals surface area contributed by atoms with Gasteiger partial charge in [0.05, 0.1) is 25.4 Å². The number of ether oxygens (including phenoxy) is 3. The molecule has 0 saturated carbocycles. The second kappa shape index (κ2) is 9.14. The van der Waals surface area contributed by atoms with Crippen molar-refractivity contribution in [2.45, 2.75) is 6.92 Å². The lowest BCUT2D eigenvalue weighted by atomic mass is 10.0. The lowest BCUT2D eigenvalue weighted by Gasteiger charge is -2.11. The van der Waals surface area contributed by atoms with Crippen molar-refractivity contribution < 1.29 is 24.1 Å². The summed E-state index contributed by atoms with van der Waals surface area (Å²) < 4.78 is 15.9. The number of carbonyl (C=O) groups is 1. The van der Waals surface area contributed by atoms with Crippen LogP contribution >= 0.6 is 0 Å². The predicted molar refractivity (Wildman–Crippen MR) is 97.2 cm³/mol.